The lowest BCUT2D eigenvalue weighted by Crippen LogP contribution is -2.05. The molecule has 0 radical (unpaired) electrons. The first-order chi connectivity index (χ1) is 6.41. The molecule has 80 valence electrons. The first-order valence-electron chi connectivity index (χ1n) is 5.15. The van der Waals surface area contributed by atoms with Gasteiger partial charge in [-0.2, -0.15) is 0 Å². The van der Waals surface area contributed by atoms with Gasteiger partial charge in [-0.1, -0.05) is 27.7 Å². The van der Waals surface area contributed by atoms with Crippen LogP contribution in [-0.2, 0) is 4.79 Å². The molecule has 0 saturated heterocycles. The van der Waals surface area contributed by atoms with Crippen LogP contribution in [0.25, 0.3) is 0 Å². The van der Waals surface area contributed by atoms with Crippen LogP contribution in [0.1, 0.15) is 40.5 Å². The number of rotatable bonds is 5. The summed E-state index contributed by atoms with van der Waals surface area (Å²) in [5.41, 5.74) is 9.22. The van der Waals surface area contributed by atoms with Crippen LogP contribution in [0.5, 0.6) is 0 Å². The lowest BCUT2D eigenvalue weighted by Gasteiger charge is -2.09. The fraction of sp³-hybridized carbons (Fsp3) is 0.667. The number of nitrogens with two attached hydrogens (primary N) is 1. The van der Waals surface area contributed by atoms with Crippen LogP contribution in [0.2, 0.25) is 0 Å². The maximum atomic E-state index is 10.6. The number of primary amides is 1. The summed E-state index contributed by atoms with van der Waals surface area (Å²) in [6.45, 7) is 8.64. The molecular weight excluding hydrogens is 174 g/mol. The van der Waals surface area contributed by atoms with Gasteiger partial charge in [0.15, 0.2) is 0 Å². The van der Waals surface area contributed by atoms with Crippen LogP contribution in [0.15, 0.2) is 17.4 Å². The van der Waals surface area contributed by atoms with Gasteiger partial charge in [-0.15, -0.1) is 5.73 Å². The summed E-state index contributed by atoms with van der Waals surface area (Å²) >= 11 is 0. The van der Waals surface area contributed by atoms with E-state index in [9.17, 15) is 4.79 Å². The fourth-order valence-corrected chi connectivity index (χ4v) is 1.36. The molecule has 0 heterocycles. The van der Waals surface area contributed by atoms with Crippen molar-refractivity contribution in [2.75, 3.05) is 0 Å². The Balaban J connectivity index is 4.54. The minimum Gasteiger partial charge on any atom is -0.366 e. The highest BCUT2D eigenvalue weighted by molar-refractivity contribution is 5.85. The van der Waals surface area contributed by atoms with Gasteiger partial charge in [0.1, 0.15) is 0 Å². The van der Waals surface area contributed by atoms with E-state index in [0.717, 1.165) is 12.8 Å². The van der Waals surface area contributed by atoms with Gasteiger partial charge in [0.2, 0.25) is 5.91 Å². The van der Waals surface area contributed by atoms with E-state index < -0.39 is 5.91 Å². The van der Waals surface area contributed by atoms with Crippen LogP contribution >= 0.6 is 0 Å². The van der Waals surface area contributed by atoms with Gasteiger partial charge in [0, 0.05) is 6.08 Å². The largest absolute Gasteiger partial charge is 0.366 e. The zero-order valence-electron chi connectivity index (χ0n) is 9.63. The molecule has 0 unspecified atom stereocenters. The Kier molecular flexibility index (Phi) is 5.98. The molecule has 0 rings (SSSR count). The molecule has 0 aliphatic heterocycles. The van der Waals surface area contributed by atoms with Crippen molar-refractivity contribution in [3.63, 3.8) is 0 Å². The number of hydrogen-bond acceptors (Lipinski definition) is 1. The number of hydrogen-bond donors (Lipinski definition) is 1. The Morgan fingerprint density at radius 3 is 1.93 bits per heavy atom. The highest BCUT2D eigenvalue weighted by Gasteiger charge is 2.03. The molecule has 0 aliphatic carbocycles. The van der Waals surface area contributed by atoms with E-state index in [2.05, 4.69) is 33.4 Å². The van der Waals surface area contributed by atoms with E-state index in [1.165, 1.54) is 11.6 Å². The molecule has 0 aromatic rings. The van der Waals surface area contributed by atoms with E-state index in [0.29, 0.717) is 11.8 Å². The third-order valence-corrected chi connectivity index (χ3v) is 1.73. The smallest absolute Gasteiger partial charge is 0.249 e. The third-order valence-electron chi connectivity index (χ3n) is 1.73. The van der Waals surface area contributed by atoms with Crippen molar-refractivity contribution in [3.05, 3.63) is 17.4 Å². The van der Waals surface area contributed by atoms with E-state index in [-0.39, 0.29) is 0 Å². The Morgan fingerprint density at radius 2 is 1.64 bits per heavy atom. The summed E-state index contributed by atoms with van der Waals surface area (Å²) in [4.78, 5) is 10.6. The van der Waals surface area contributed by atoms with E-state index in [4.69, 9.17) is 5.73 Å². The van der Waals surface area contributed by atoms with Gasteiger partial charge in [-0.25, -0.2) is 0 Å². The molecule has 0 atom stereocenters. The molecule has 2 nitrogen and oxygen atoms in total. The van der Waals surface area contributed by atoms with Crippen LogP contribution < -0.4 is 5.73 Å². The van der Waals surface area contributed by atoms with Gasteiger partial charge >= 0.3 is 0 Å². The molecule has 0 spiro atoms. The number of carbonyl (C=O) groups excluding carboxylic acids is 1. The van der Waals surface area contributed by atoms with Gasteiger partial charge in [-0.05, 0) is 30.3 Å². The average molecular weight is 195 g/mol. The van der Waals surface area contributed by atoms with E-state index in [1.54, 1.807) is 0 Å². The van der Waals surface area contributed by atoms with Gasteiger partial charge in [0.05, 0.1) is 0 Å². The van der Waals surface area contributed by atoms with Crippen molar-refractivity contribution in [3.8, 4) is 0 Å². The summed E-state index contributed by atoms with van der Waals surface area (Å²) in [5.74, 6) is 0.769. The fourth-order valence-electron chi connectivity index (χ4n) is 1.36. The lowest BCUT2D eigenvalue weighted by molar-refractivity contribution is -0.113. The minimum atomic E-state index is -0.421. The molecule has 2 heteroatoms. The van der Waals surface area contributed by atoms with Crippen molar-refractivity contribution >= 4 is 5.91 Å². The molecule has 2 N–H and O–H groups in total. The van der Waals surface area contributed by atoms with Crippen molar-refractivity contribution in [2.24, 2.45) is 17.6 Å². The first kappa shape index (κ1) is 13.0. The van der Waals surface area contributed by atoms with Crippen molar-refractivity contribution in [1.82, 2.24) is 0 Å². The molecule has 0 aromatic carbocycles. The zero-order chi connectivity index (χ0) is 11.1. The minimum absolute atomic E-state index is 0.421. The monoisotopic (exact) mass is 195 g/mol. The van der Waals surface area contributed by atoms with Crippen LogP contribution in [-0.4, -0.2) is 5.91 Å². The van der Waals surface area contributed by atoms with Crippen LogP contribution in [0.3, 0.4) is 0 Å². The van der Waals surface area contributed by atoms with Crippen molar-refractivity contribution < 1.29 is 4.79 Å². The summed E-state index contributed by atoms with van der Waals surface area (Å²) in [6, 6.07) is 0. The third kappa shape index (κ3) is 7.63. The summed E-state index contributed by atoms with van der Waals surface area (Å²) < 4.78 is 0. The lowest BCUT2D eigenvalue weighted by atomic mass is 9.96. The Bertz CT molecular complexity index is 233. The van der Waals surface area contributed by atoms with E-state index >= 15 is 0 Å². The molecular formula is C12H21NO. The van der Waals surface area contributed by atoms with Gasteiger partial charge < -0.3 is 5.73 Å². The normalized spacial score (nSPS) is 10.1. The molecule has 0 aliphatic rings. The number of amides is 1. The summed E-state index contributed by atoms with van der Waals surface area (Å²) in [5, 5.41) is 0. The summed E-state index contributed by atoms with van der Waals surface area (Å²) in [6.07, 6.45) is 3.31. The second-order valence-electron chi connectivity index (χ2n) is 4.49. The maximum Gasteiger partial charge on any atom is 0.249 e. The Labute approximate surface area is 86.9 Å². The van der Waals surface area contributed by atoms with Crippen molar-refractivity contribution in [1.29, 1.82) is 0 Å². The zero-order valence-corrected chi connectivity index (χ0v) is 9.63. The van der Waals surface area contributed by atoms with Crippen molar-refractivity contribution in [2.45, 2.75) is 40.5 Å². The summed E-state index contributed by atoms with van der Waals surface area (Å²) in [7, 11) is 0. The molecule has 14 heavy (non-hydrogen) atoms. The predicted octanol–water partition coefficient (Wildman–Crippen LogP) is 2.65. The molecule has 1 amide bonds. The second kappa shape index (κ2) is 6.44. The topological polar surface area (TPSA) is 43.1 Å². The Morgan fingerprint density at radius 1 is 1.21 bits per heavy atom. The van der Waals surface area contributed by atoms with E-state index in [1.807, 2.05) is 0 Å². The standard InChI is InChI=1S/C12H21NO/c1-9(2)7-11(8-10(3)4)5-6-12(13)14/h6,9-10H,7-8H2,1-4H3,(H2,13,14). The maximum absolute atomic E-state index is 10.6. The van der Waals surface area contributed by atoms with Crippen LogP contribution in [0.4, 0.5) is 0 Å². The highest BCUT2D eigenvalue weighted by atomic mass is 16.1. The SMILES string of the molecule is CC(C)CC(=C=CC(N)=O)CC(C)C. The average Bonchev–Trinajstić information content (AvgIpc) is 1.97. The predicted molar refractivity (Wildman–Crippen MR) is 59.7 cm³/mol. The molecule has 0 saturated carbocycles. The van der Waals surface area contributed by atoms with Gasteiger partial charge in [0.25, 0.3) is 0 Å². The van der Waals surface area contributed by atoms with Crippen LogP contribution in [0, 0.1) is 11.8 Å². The second-order valence-corrected chi connectivity index (χ2v) is 4.49. The molecule has 0 aromatic heterocycles. The highest BCUT2D eigenvalue weighted by Crippen LogP contribution is 2.17. The Hall–Kier alpha value is -1.01. The number of carbonyl (C=O) groups is 1. The molecule has 0 bridgehead atoms. The first-order valence-corrected chi connectivity index (χ1v) is 5.15. The quantitative estimate of drug-likeness (QED) is 0.532. The molecule has 0 fully saturated rings. The van der Waals surface area contributed by atoms with Gasteiger partial charge in [-0.3, -0.25) is 4.79 Å².